The van der Waals surface area contributed by atoms with Gasteiger partial charge in [0, 0.05) is 0 Å². The number of rotatable bonds is 6. The Morgan fingerprint density at radius 3 is 2.00 bits per heavy atom. The van der Waals surface area contributed by atoms with Gasteiger partial charge >= 0.3 is 0 Å². The van der Waals surface area contributed by atoms with Crippen LogP contribution in [0.4, 0.5) is 8.78 Å². The maximum absolute atomic E-state index is 13.2. The van der Waals surface area contributed by atoms with Crippen molar-refractivity contribution in [3.8, 4) is 0 Å². The van der Waals surface area contributed by atoms with E-state index in [1.807, 2.05) is 0 Å². The molecule has 0 bridgehead atoms. The predicted octanol–water partition coefficient (Wildman–Crippen LogP) is 7.48. The van der Waals surface area contributed by atoms with Gasteiger partial charge in [0.1, 0.15) is 0 Å². The summed E-state index contributed by atoms with van der Waals surface area (Å²) in [5, 5.41) is 0. The Balaban J connectivity index is 1.35. The minimum Gasteiger partial charge on any atom is -0.204 e. The first-order chi connectivity index (χ1) is 12.7. The van der Waals surface area contributed by atoms with Crippen LogP contribution in [-0.4, -0.2) is 0 Å². The molecule has 0 radical (unpaired) electrons. The van der Waals surface area contributed by atoms with Crippen LogP contribution in [0.1, 0.15) is 76.7 Å². The summed E-state index contributed by atoms with van der Waals surface area (Å²) < 4.78 is 26.2. The van der Waals surface area contributed by atoms with Gasteiger partial charge in [0.25, 0.3) is 0 Å². The molecule has 0 unspecified atom stereocenters. The minimum atomic E-state index is -0.766. The lowest BCUT2D eigenvalue weighted by Crippen LogP contribution is -2.25. The quantitative estimate of drug-likeness (QED) is 0.461. The largest absolute Gasteiger partial charge is 0.204 e. The van der Waals surface area contributed by atoms with E-state index in [2.05, 4.69) is 19.1 Å². The smallest absolute Gasteiger partial charge is 0.159 e. The SMILES string of the molecule is CCC1CCC(C2CCC(CC=CCc3ccc(F)c(F)c3)CC2)CC1. The highest BCUT2D eigenvalue weighted by Crippen LogP contribution is 2.42. The lowest BCUT2D eigenvalue weighted by atomic mass is 9.68. The Kier molecular flexibility index (Phi) is 7.28. The van der Waals surface area contributed by atoms with E-state index in [4.69, 9.17) is 0 Å². The van der Waals surface area contributed by atoms with E-state index in [-0.39, 0.29) is 0 Å². The van der Waals surface area contributed by atoms with Gasteiger partial charge < -0.3 is 0 Å². The average molecular weight is 361 g/mol. The molecule has 2 heteroatoms. The van der Waals surface area contributed by atoms with E-state index in [0.717, 1.165) is 35.7 Å². The molecule has 26 heavy (non-hydrogen) atoms. The summed E-state index contributed by atoms with van der Waals surface area (Å²) in [6, 6.07) is 4.19. The molecule has 2 aliphatic rings. The standard InChI is InChI=1S/C24H34F2/c1-2-18-7-12-21(13-8-18)22-14-9-19(10-15-22)5-3-4-6-20-11-16-23(25)24(26)17-20/h3-4,11,16-19,21-22H,2,5-10,12-15H2,1H3. The molecule has 0 spiro atoms. The molecule has 0 N–H and O–H groups in total. The molecular formula is C24H34F2. The molecular weight excluding hydrogens is 326 g/mol. The highest BCUT2D eigenvalue weighted by atomic mass is 19.2. The Hall–Kier alpha value is -1.18. The first-order valence-electron chi connectivity index (χ1n) is 10.7. The molecule has 3 rings (SSSR count). The van der Waals surface area contributed by atoms with Crippen LogP contribution in [0.5, 0.6) is 0 Å². The highest BCUT2D eigenvalue weighted by molar-refractivity contribution is 5.20. The van der Waals surface area contributed by atoms with Gasteiger partial charge in [-0.3, -0.25) is 0 Å². The Labute approximate surface area is 158 Å². The summed E-state index contributed by atoms with van der Waals surface area (Å²) in [5.41, 5.74) is 0.839. The molecule has 1 aromatic rings. The van der Waals surface area contributed by atoms with Crippen molar-refractivity contribution in [2.24, 2.45) is 23.7 Å². The fraction of sp³-hybridized carbons (Fsp3) is 0.667. The Bertz CT molecular complexity index is 576. The zero-order valence-electron chi connectivity index (χ0n) is 16.2. The van der Waals surface area contributed by atoms with Crippen LogP contribution in [0.25, 0.3) is 0 Å². The number of hydrogen-bond acceptors (Lipinski definition) is 0. The predicted molar refractivity (Wildman–Crippen MR) is 105 cm³/mol. The summed E-state index contributed by atoms with van der Waals surface area (Å²) in [4.78, 5) is 0. The topological polar surface area (TPSA) is 0 Å². The van der Waals surface area contributed by atoms with Crippen molar-refractivity contribution in [3.63, 3.8) is 0 Å². The van der Waals surface area contributed by atoms with Gasteiger partial charge in [-0.2, -0.15) is 0 Å². The summed E-state index contributed by atoms with van der Waals surface area (Å²) in [5.74, 6) is 2.29. The van der Waals surface area contributed by atoms with Crippen molar-refractivity contribution in [1.29, 1.82) is 0 Å². The Morgan fingerprint density at radius 2 is 1.42 bits per heavy atom. The second-order valence-electron chi connectivity index (χ2n) is 8.63. The van der Waals surface area contributed by atoms with Crippen molar-refractivity contribution in [2.45, 2.75) is 77.6 Å². The number of allylic oxidation sites excluding steroid dienone is 2. The lowest BCUT2D eigenvalue weighted by Gasteiger charge is -2.37. The van der Waals surface area contributed by atoms with Crippen LogP contribution in [0.2, 0.25) is 0 Å². The normalized spacial score (nSPS) is 30.0. The van der Waals surface area contributed by atoms with Crippen molar-refractivity contribution < 1.29 is 8.78 Å². The minimum absolute atomic E-state index is 0.688. The van der Waals surface area contributed by atoms with Gasteiger partial charge in [0.15, 0.2) is 11.6 Å². The fourth-order valence-electron chi connectivity index (χ4n) is 5.14. The third kappa shape index (κ3) is 5.41. The lowest BCUT2D eigenvalue weighted by molar-refractivity contribution is 0.145. The van der Waals surface area contributed by atoms with Crippen molar-refractivity contribution in [1.82, 2.24) is 0 Å². The van der Waals surface area contributed by atoms with E-state index in [9.17, 15) is 8.78 Å². The van der Waals surface area contributed by atoms with Gasteiger partial charge in [-0.25, -0.2) is 8.78 Å². The zero-order chi connectivity index (χ0) is 18.4. The molecule has 2 fully saturated rings. The van der Waals surface area contributed by atoms with E-state index in [1.165, 1.54) is 69.9 Å². The van der Waals surface area contributed by atoms with E-state index in [1.54, 1.807) is 6.07 Å². The first kappa shape index (κ1) is 19.6. The summed E-state index contributed by atoms with van der Waals surface area (Å²) in [6.07, 6.45) is 19.0. The number of halogens is 2. The highest BCUT2D eigenvalue weighted by Gasteiger charge is 2.30. The van der Waals surface area contributed by atoms with Crippen LogP contribution in [0.3, 0.4) is 0 Å². The summed E-state index contributed by atoms with van der Waals surface area (Å²) in [7, 11) is 0. The van der Waals surface area contributed by atoms with Crippen LogP contribution in [0.15, 0.2) is 30.4 Å². The third-order valence-corrected chi connectivity index (χ3v) is 7.00. The maximum Gasteiger partial charge on any atom is 0.159 e. The molecule has 0 aromatic heterocycles. The molecule has 0 heterocycles. The van der Waals surface area contributed by atoms with Gasteiger partial charge in [-0.15, -0.1) is 0 Å². The number of hydrogen-bond donors (Lipinski definition) is 0. The van der Waals surface area contributed by atoms with Crippen LogP contribution in [0, 0.1) is 35.3 Å². The average Bonchev–Trinajstić information content (AvgIpc) is 2.68. The Morgan fingerprint density at radius 1 is 0.808 bits per heavy atom. The van der Waals surface area contributed by atoms with E-state index >= 15 is 0 Å². The van der Waals surface area contributed by atoms with Gasteiger partial charge in [-0.1, -0.05) is 44.4 Å². The molecule has 144 valence electrons. The first-order valence-corrected chi connectivity index (χ1v) is 10.7. The molecule has 0 atom stereocenters. The molecule has 1 aromatic carbocycles. The van der Waals surface area contributed by atoms with Gasteiger partial charge in [0.2, 0.25) is 0 Å². The summed E-state index contributed by atoms with van der Waals surface area (Å²) in [6.45, 7) is 2.34. The molecule has 0 saturated heterocycles. The van der Waals surface area contributed by atoms with Crippen molar-refractivity contribution in [2.75, 3.05) is 0 Å². The van der Waals surface area contributed by atoms with Crippen molar-refractivity contribution >= 4 is 0 Å². The maximum atomic E-state index is 13.2. The number of benzene rings is 1. The molecule has 0 amide bonds. The van der Waals surface area contributed by atoms with E-state index < -0.39 is 11.6 Å². The van der Waals surface area contributed by atoms with Crippen LogP contribution < -0.4 is 0 Å². The van der Waals surface area contributed by atoms with Crippen LogP contribution >= 0.6 is 0 Å². The monoisotopic (exact) mass is 360 g/mol. The molecule has 0 aliphatic heterocycles. The molecule has 2 aliphatic carbocycles. The fourth-order valence-corrected chi connectivity index (χ4v) is 5.14. The summed E-state index contributed by atoms with van der Waals surface area (Å²) >= 11 is 0. The zero-order valence-corrected chi connectivity index (χ0v) is 16.2. The molecule has 0 nitrogen and oxygen atoms in total. The third-order valence-electron chi connectivity index (χ3n) is 7.00. The second kappa shape index (κ2) is 9.67. The molecule has 2 saturated carbocycles. The second-order valence-corrected chi connectivity index (χ2v) is 8.63. The van der Waals surface area contributed by atoms with Gasteiger partial charge in [-0.05, 0) is 92.7 Å². The van der Waals surface area contributed by atoms with E-state index in [0.29, 0.717) is 6.42 Å². The van der Waals surface area contributed by atoms with Gasteiger partial charge in [0.05, 0.1) is 0 Å². The van der Waals surface area contributed by atoms with Crippen molar-refractivity contribution in [3.05, 3.63) is 47.5 Å². The van der Waals surface area contributed by atoms with Crippen LogP contribution in [-0.2, 0) is 6.42 Å².